The molecule has 0 aromatic carbocycles. The number of urea groups is 1. The van der Waals surface area contributed by atoms with Crippen molar-refractivity contribution in [2.45, 2.75) is 61.7 Å². The predicted octanol–water partition coefficient (Wildman–Crippen LogP) is 4.00. The van der Waals surface area contributed by atoms with Crippen LogP contribution in [0.5, 0.6) is 0 Å². The first kappa shape index (κ1) is 21.4. The number of aromatic nitrogens is 1. The van der Waals surface area contributed by atoms with Crippen LogP contribution in [0.4, 0.5) is 9.93 Å². The zero-order chi connectivity index (χ0) is 19.9. The Morgan fingerprint density at radius 1 is 1.25 bits per heavy atom. The summed E-state index contributed by atoms with van der Waals surface area (Å²) in [6, 6.07) is 0.443. The number of hydrogen-bond acceptors (Lipinski definition) is 7. The lowest BCUT2D eigenvalue weighted by atomic mass is 9.85. The fourth-order valence-electron chi connectivity index (χ4n) is 3.84. The number of carbonyl (C=O) groups is 2. The number of anilines is 1. The molecule has 3 rings (SSSR count). The van der Waals surface area contributed by atoms with Gasteiger partial charge in [0, 0.05) is 25.3 Å². The van der Waals surface area contributed by atoms with Crippen LogP contribution in [-0.2, 0) is 14.3 Å². The second-order valence-electron chi connectivity index (χ2n) is 7.44. The maximum absolute atomic E-state index is 13.2. The Balaban J connectivity index is 1.63. The summed E-state index contributed by atoms with van der Waals surface area (Å²) in [6.45, 7) is 3.71. The number of carbonyl (C=O) groups excluding carboxylic acids is 2. The van der Waals surface area contributed by atoms with Gasteiger partial charge in [-0.2, -0.15) is 0 Å². The van der Waals surface area contributed by atoms with Gasteiger partial charge in [0.25, 0.3) is 0 Å². The highest BCUT2D eigenvalue weighted by Crippen LogP contribution is 2.32. The number of amides is 2. The Kier molecular flexibility index (Phi) is 7.99. The standard InChI is InChI=1S/C19H29N3O4S2/c1-13-3-5-14(6-4-13)22(15-7-9-26-10-8-15)19(24)21-18-20-11-17(28-18)27-12-16(23)25-2/h11,13-15H,3-10,12H2,1-2H3,(H,20,21,24). The van der Waals surface area contributed by atoms with E-state index in [9.17, 15) is 9.59 Å². The number of nitrogens with one attached hydrogen (secondary N) is 1. The summed E-state index contributed by atoms with van der Waals surface area (Å²) in [5.41, 5.74) is 0. The van der Waals surface area contributed by atoms with E-state index in [0.717, 1.165) is 35.8 Å². The van der Waals surface area contributed by atoms with E-state index < -0.39 is 0 Å². The van der Waals surface area contributed by atoms with Gasteiger partial charge in [0.05, 0.1) is 23.3 Å². The van der Waals surface area contributed by atoms with Gasteiger partial charge in [-0.25, -0.2) is 9.78 Å². The van der Waals surface area contributed by atoms with Crippen LogP contribution >= 0.6 is 23.1 Å². The van der Waals surface area contributed by atoms with Crippen LogP contribution in [0.15, 0.2) is 10.4 Å². The van der Waals surface area contributed by atoms with Crippen molar-refractivity contribution in [3.05, 3.63) is 6.20 Å². The average molecular weight is 428 g/mol. The molecule has 1 aliphatic carbocycles. The molecule has 2 aliphatic rings. The highest BCUT2D eigenvalue weighted by Gasteiger charge is 2.34. The van der Waals surface area contributed by atoms with Crippen molar-refractivity contribution >= 4 is 40.2 Å². The van der Waals surface area contributed by atoms with Crippen molar-refractivity contribution in [1.82, 2.24) is 9.88 Å². The maximum atomic E-state index is 13.2. The molecule has 0 unspecified atom stereocenters. The second-order valence-corrected chi connectivity index (χ2v) is 9.75. The van der Waals surface area contributed by atoms with Crippen LogP contribution in [0.2, 0.25) is 0 Å². The Bertz CT molecular complexity index is 655. The number of methoxy groups -OCH3 is 1. The van der Waals surface area contributed by atoms with E-state index in [0.29, 0.717) is 18.3 Å². The summed E-state index contributed by atoms with van der Waals surface area (Å²) in [5, 5.41) is 3.56. The van der Waals surface area contributed by atoms with Gasteiger partial charge < -0.3 is 14.4 Å². The molecule has 2 heterocycles. The van der Waals surface area contributed by atoms with E-state index in [1.165, 1.54) is 43.1 Å². The van der Waals surface area contributed by atoms with Gasteiger partial charge in [0.15, 0.2) is 5.13 Å². The third kappa shape index (κ3) is 5.84. The molecule has 7 nitrogen and oxygen atoms in total. The number of ether oxygens (including phenoxy) is 2. The normalized spacial score (nSPS) is 23.2. The molecule has 1 saturated carbocycles. The lowest BCUT2D eigenvalue weighted by Gasteiger charge is -2.42. The third-order valence-electron chi connectivity index (χ3n) is 5.46. The number of thiazole rings is 1. The lowest BCUT2D eigenvalue weighted by Crippen LogP contribution is -2.52. The molecule has 0 spiro atoms. The van der Waals surface area contributed by atoms with Crippen LogP contribution in [0.3, 0.4) is 0 Å². The fraction of sp³-hybridized carbons (Fsp3) is 0.737. The van der Waals surface area contributed by atoms with Crippen LogP contribution in [0.25, 0.3) is 0 Å². The zero-order valence-electron chi connectivity index (χ0n) is 16.5. The molecule has 1 saturated heterocycles. The molecule has 1 aromatic rings. The maximum Gasteiger partial charge on any atom is 0.324 e. The van der Waals surface area contributed by atoms with E-state index in [2.05, 4.69) is 26.9 Å². The Morgan fingerprint density at radius 3 is 2.61 bits per heavy atom. The summed E-state index contributed by atoms with van der Waals surface area (Å²) in [4.78, 5) is 30.8. The molecule has 0 bridgehead atoms. The highest BCUT2D eigenvalue weighted by molar-refractivity contribution is 8.01. The highest BCUT2D eigenvalue weighted by atomic mass is 32.2. The molecular formula is C19H29N3O4S2. The first-order valence-corrected chi connectivity index (χ1v) is 11.7. The molecule has 0 radical (unpaired) electrons. The SMILES string of the molecule is COC(=O)CSc1cnc(NC(=O)N(C2CCOCC2)C2CCC(C)CC2)s1. The number of thioether (sulfide) groups is 1. The molecule has 156 valence electrons. The number of esters is 1. The zero-order valence-corrected chi connectivity index (χ0v) is 18.2. The van der Waals surface area contributed by atoms with Crippen LogP contribution in [-0.4, -0.2) is 60.0 Å². The minimum Gasteiger partial charge on any atom is -0.468 e. The second kappa shape index (κ2) is 10.5. The van der Waals surface area contributed by atoms with E-state index in [-0.39, 0.29) is 29.8 Å². The Morgan fingerprint density at radius 2 is 1.93 bits per heavy atom. The van der Waals surface area contributed by atoms with Crippen LogP contribution in [0.1, 0.15) is 45.4 Å². The Hall–Kier alpha value is -1.32. The minimum absolute atomic E-state index is 0.0645. The van der Waals surface area contributed by atoms with Gasteiger partial charge >= 0.3 is 12.0 Å². The van der Waals surface area contributed by atoms with Crippen molar-refractivity contribution in [3.8, 4) is 0 Å². The molecular weight excluding hydrogens is 398 g/mol. The largest absolute Gasteiger partial charge is 0.468 e. The lowest BCUT2D eigenvalue weighted by molar-refractivity contribution is -0.137. The number of nitrogens with zero attached hydrogens (tertiary/aromatic N) is 2. The van der Waals surface area contributed by atoms with Gasteiger partial charge in [-0.3, -0.25) is 10.1 Å². The third-order valence-corrected chi connectivity index (χ3v) is 7.54. The quantitative estimate of drug-likeness (QED) is 0.546. The van der Waals surface area contributed by atoms with Gasteiger partial charge in [0.2, 0.25) is 0 Å². The smallest absolute Gasteiger partial charge is 0.324 e. The molecule has 2 amide bonds. The monoisotopic (exact) mass is 427 g/mol. The topological polar surface area (TPSA) is 80.8 Å². The fourth-order valence-corrected chi connectivity index (χ4v) is 5.54. The van der Waals surface area contributed by atoms with Crippen molar-refractivity contribution in [2.75, 3.05) is 31.4 Å². The van der Waals surface area contributed by atoms with Crippen molar-refractivity contribution in [2.24, 2.45) is 5.92 Å². The van der Waals surface area contributed by atoms with E-state index in [1.54, 1.807) is 6.20 Å². The van der Waals surface area contributed by atoms with Gasteiger partial charge in [-0.05, 0) is 44.4 Å². The summed E-state index contributed by atoms with van der Waals surface area (Å²) in [6.07, 6.45) is 7.92. The van der Waals surface area contributed by atoms with Crippen molar-refractivity contribution in [1.29, 1.82) is 0 Å². The minimum atomic E-state index is -0.277. The molecule has 2 fully saturated rings. The summed E-state index contributed by atoms with van der Waals surface area (Å²) in [7, 11) is 1.37. The van der Waals surface area contributed by atoms with Gasteiger partial charge in [-0.1, -0.05) is 18.3 Å². The van der Waals surface area contributed by atoms with E-state index in [1.807, 2.05) is 0 Å². The van der Waals surface area contributed by atoms with Crippen LogP contribution in [0, 0.1) is 5.92 Å². The molecule has 1 N–H and O–H groups in total. The summed E-state index contributed by atoms with van der Waals surface area (Å²) in [5.74, 6) is 0.700. The molecule has 9 heteroatoms. The van der Waals surface area contributed by atoms with Gasteiger partial charge in [0.1, 0.15) is 0 Å². The summed E-state index contributed by atoms with van der Waals surface area (Å²) < 4.78 is 11.0. The molecule has 0 atom stereocenters. The van der Waals surface area contributed by atoms with Crippen molar-refractivity contribution in [3.63, 3.8) is 0 Å². The first-order valence-electron chi connectivity index (χ1n) is 9.89. The van der Waals surface area contributed by atoms with E-state index in [4.69, 9.17) is 4.74 Å². The first-order chi connectivity index (χ1) is 13.6. The van der Waals surface area contributed by atoms with Crippen molar-refractivity contribution < 1.29 is 19.1 Å². The van der Waals surface area contributed by atoms with E-state index >= 15 is 0 Å². The average Bonchev–Trinajstić information content (AvgIpc) is 3.16. The number of hydrogen-bond donors (Lipinski definition) is 1. The van der Waals surface area contributed by atoms with Crippen LogP contribution < -0.4 is 5.32 Å². The predicted molar refractivity (Wildman–Crippen MR) is 111 cm³/mol. The molecule has 1 aliphatic heterocycles. The Labute approximate surface area is 174 Å². The summed E-state index contributed by atoms with van der Waals surface area (Å²) >= 11 is 2.75. The molecule has 28 heavy (non-hydrogen) atoms. The molecule has 1 aromatic heterocycles. The number of rotatable bonds is 6. The van der Waals surface area contributed by atoms with Gasteiger partial charge in [-0.15, -0.1) is 11.8 Å².